The van der Waals surface area contributed by atoms with Crippen LogP contribution in [-0.2, 0) is 0 Å². The van der Waals surface area contributed by atoms with Crippen LogP contribution in [0.1, 0.15) is 17.3 Å². The van der Waals surface area contributed by atoms with Gasteiger partial charge in [-0.3, -0.25) is 4.79 Å². The molecular formula is C7H5ClFNO. The fourth-order valence-corrected chi connectivity index (χ4v) is 0.848. The fraction of sp³-hybridized carbons (Fsp3) is 0.143. The molecule has 1 rings (SSSR count). The summed E-state index contributed by atoms with van der Waals surface area (Å²) in [6.45, 7) is 1.27. The standard InChI is InChI=1S/C7H5ClFNO/c1-4(11)5-2-3-10-7(8)6(5)9/h2-3H,1H3. The number of aromatic nitrogens is 1. The molecule has 4 heteroatoms. The Kier molecular flexibility index (Phi) is 2.19. The van der Waals surface area contributed by atoms with Gasteiger partial charge >= 0.3 is 0 Å². The van der Waals surface area contributed by atoms with E-state index in [1.54, 1.807) is 0 Å². The lowest BCUT2D eigenvalue weighted by atomic mass is 10.2. The van der Waals surface area contributed by atoms with Crippen LogP contribution < -0.4 is 0 Å². The summed E-state index contributed by atoms with van der Waals surface area (Å²) in [5.41, 5.74) is -0.0231. The highest BCUT2D eigenvalue weighted by molar-refractivity contribution is 6.29. The molecule has 0 radical (unpaired) electrons. The van der Waals surface area contributed by atoms with Crippen molar-refractivity contribution in [2.24, 2.45) is 0 Å². The molecular weight excluding hydrogens is 169 g/mol. The van der Waals surface area contributed by atoms with Gasteiger partial charge < -0.3 is 0 Å². The zero-order chi connectivity index (χ0) is 8.43. The molecule has 1 aromatic heterocycles. The molecule has 0 aliphatic rings. The lowest BCUT2D eigenvalue weighted by Gasteiger charge is -1.97. The van der Waals surface area contributed by atoms with Gasteiger partial charge in [0, 0.05) is 6.20 Å². The minimum atomic E-state index is -0.748. The fourth-order valence-electron chi connectivity index (χ4n) is 0.690. The Morgan fingerprint density at radius 1 is 1.73 bits per heavy atom. The maximum absolute atomic E-state index is 12.8. The molecule has 0 unspecified atom stereocenters. The van der Waals surface area contributed by atoms with Crippen LogP contribution in [0.2, 0.25) is 5.15 Å². The van der Waals surface area contributed by atoms with E-state index < -0.39 is 5.82 Å². The predicted molar refractivity (Wildman–Crippen MR) is 39.2 cm³/mol. The number of Topliss-reactive ketones (excluding diaryl/α,β-unsaturated/α-hetero) is 1. The first-order valence-corrected chi connectivity index (χ1v) is 3.31. The Balaban J connectivity index is 3.27. The van der Waals surface area contributed by atoms with Gasteiger partial charge in [0.1, 0.15) is 0 Å². The average Bonchev–Trinajstić information content (AvgIpc) is 1.94. The highest BCUT2D eigenvalue weighted by Crippen LogP contribution is 2.14. The van der Waals surface area contributed by atoms with Crippen molar-refractivity contribution in [1.29, 1.82) is 0 Å². The van der Waals surface area contributed by atoms with Crippen LogP contribution in [0.15, 0.2) is 12.3 Å². The van der Waals surface area contributed by atoms with Gasteiger partial charge in [0.05, 0.1) is 5.56 Å². The number of pyridine rings is 1. The first-order valence-electron chi connectivity index (χ1n) is 2.94. The molecule has 0 aliphatic heterocycles. The molecule has 11 heavy (non-hydrogen) atoms. The highest BCUT2D eigenvalue weighted by Gasteiger charge is 2.10. The SMILES string of the molecule is CC(=O)c1ccnc(Cl)c1F. The smallest absolute Gasteiger partial charge is 0.171 e. The Morgan fingerprint density at radius 2 is 2.36 bits per heavy atom. The molecule has 0 bridgehead atoms. The topological polar surface area (TPSA) is 30.0 Å². The number of carbonyl (C=O) groups is 1. The molecule has 0 amide bonds. The van der Waals surface area contributed by atoms with Crippen molar-refractivity contribution in [3.8, 4) is 0 Å². The molecule has 0 aromatic carbocycles. The molecule has 0 spiro atoms. The first kappa shape index (κ1) is 8.14. The molecule has 58 valence electrons. The van der Waals surface area contributed by atoms with Crippen LogP contribution in [-0.4, -0.2) is 10.8 Å². The summed E-state index contributed by atoms with van der Waals surface area (Å²) < 4.78 is 12.8. The van der Waals surface area contributed by atoms with Crippen LogP contribution in [0.4, 0.5) is 4.39 Å². The van der Waals surface area contributed by atoms with Gasteiger partial charge in [-0.2, -0.15) is 0 Å². The minimum Gasteiger partial charge on any atom is -0.294 e. The van der Waals surface area contributed by atoms with E-state index in [-0.39, 0.29) is 16.5 Å². The van der Waals surface area contributed by atoms with E-state index in [4.69, 9.17) is 11.6 Å². The molecule has 0 saturated carbocycles. The second-order valence-electron chi connectivity index (χ2n) is 2.02. The summed E-state index contributed by atoms with van der Waals surface area (Å²) in [5.74, 6) is -1.10. The normalized spacial score (nSPS) is 9.73. The Hall–Kier alpha value is -0.960. The van der Waals surface area contributed by atoms with Crippen molar-refractivity contribution in [2.45, 2.75) is 6.92 Å². The number of rotatable bonds is 1. The van der Waals surface area contributed by atoms with E-state index in [0.717, 1.165) is 0 Å². The van der Waals surface area contributed by atoms with Crippen molar-refractivity contribution in [1.82, 2.24) is 4.98 Å². The number of nitrogens with zero attached hydrogens (tertiary/aromatic N) is 1. The van der Waals surface area contributed by atoms with Crippen LogP contribution in [0.5, 0.6) is 0 Å². The van der Waals surface area contributed by atoms with Crippen LogP contribution in [0.3, 0.4) is 0 Å². The number of ketones is 1. The lowest BCUT2D eigenvalue weighted by molar-refractivity contribution is 0.101. The van der Waals surface area contributed by atoms with E-state index in [1.165, 1.54) is 19.2 Å². The molecule has 0 aliphatic carbocycles. The number of halogens is 2. The monoisotopic (exact) mass is 173 g/mol. The van der Waals surface area contributed by atoms with Gasteiger partial charge in [-0.1, -0.05) is 11.6 Å². The maximum atomic E-state index is 12.8. The highest BCUT2D eigenvalue weighted by atomic mass is 35.5. The number of hydrogen-bond acceptors (Lipinski definition) is 2. The third-order valence-corrected chi connectivity index (χ3v) is 1.49. The molecule has 0 fully saturated rings. The Labute approximate surface area is 68.0 Å². The average molecular weight is 174 g/mol. The molecule has 0 saturated heterocycles. The number of hydrogen-bond donors (Lipinski definition) is 0. The van der Waals surface area contributed by atoms with Crippen molar-refractivity contribution in [3.05, 3.63) is 28.8 Å². The minimum absolute atomic E-state index is 0.0231. The predicted octanol–water partition coefficient (Wildman–Crippen LogP) is 2.08. The van der Waals surface area contributed by atoms with E-state index >= 15 is 0 Å². The quantitative estimate of drug-likeness (QED) is 0.481. The van der Waals surface area contributed by atoms with Crippen molar-refractivity contribution < 1.29 is 9.18 Å². The van der Waals surface area contributed by atoms with Gasteiger partial charge in [-0.25, -0.2) is 9.37 Å². The second-order valence-corrected chi connectivity index (χ2v) is 2.38. The second kappa shape index (κ2) is 2.96. The van der Waals surface area contributed by atoms with Gasteiger partial charge in [0.25, 0.3) is 0 Å². The molecule has 2 nitrogen and oxygen atoms in total. The summed E-state index contributed by atoms with van der Waals surface area (Å²) in [6.07, 6.45) is 1.29. The van der Waals surface area contributed by atoms with E-state index in [0.29, 0.717) is 0 Å². The van der Waals surface area contributed by atoms with Crippen molar-refractivity contribution in [2.75, 3.05) is 0 Å². The molecule has 1 heterocycles. The van der Waals surface area contributed by atoms with Gasteiger partial charge in [0.15, 0.2) is 16.8 Å². The Morgan fingerprint density at radius 3 is 2.82 bits per heavy atom. The zero-order valence-corrected chi connectivity index (χ0v) is 6.52. The van der Waals surface area contributed by atoms with E-state index in [1.807, 2.05) is 0 Å². The number of carbonyl (C=O) groups excluding carboxylic acids is 1. The zero-order valence-electron chi connectivity index (χ0n) is 5.77. The van der Waals surface area contributed by atoms with Crippen molar-refractivity contribution >= 4 is 17.4 Å². The third-order valence-electron chi connectivity index (χ3n) is 1.23. The van der Waals surface area contributed by atoms with E-state index in [2.05, 4.69) is 4.98 Å². The van der Waals surface area contributed by atoms with Gasteiger partial charge in [-0.15, -0.1) is 0 Å². The Bertz CT molecular complexity index is 300. The first-order chi connectivity index (χ1) is 5.13. The maximum Gasteiger partial charge on any atom is 0.171 e. The van der Waals surface area contributed by atoms with Crippen LogP contribution in [0.25, 0.3) is 0 Å². The molecule has 1 aromatic rings. The largest absolute Gasteiger partial charge is 0.294 e. The van der Waals surface area contributed by atoms with E-state index in [9.17, 15) is 9.18 Å². The molecule has 0 N–H and O–H groups in total. The summed E-state index contributed by atoms with van der Waals surface area (Å²) in [4.78, 5) is 14.2. The summed E-state index contributed by atoms with van der Waals surface area (Å²) in [5, 5.41) is -0.266. The summed E-state index contributed by atoms with van der Waals surface area (Å²) in [7, 11) is 0. The molecule has 0 atom stereocenters. The van der Waals surface area contributed by atoms with Crippen LogP contribution in [0, 0.1) is 5.82 Å². The lowest BCUT2D eigenvalue weighted by Crippen LogP contribution is -1.98. The van der Waals surface area contributed by atoms with Crippen LogP contribution >= 0.6 is 11.6 Å². The summed E-state index contributed by atoms with van der Waals surface area (Å²) >= 11 is 5.32. The summed E-state index contributed by atoms with van der Waals surface area (Å²) in [6, 6.07) is 1.30. The van der Waals surface area contributed by atoms with Crippen molar-refractivity contribution in [3.63, 3.8) is 0 Å². The van der Waals surface area contributed by atoms with Gasteiger partial charge in [-0.05, 0) is 13.0 Å². The third kappa shape index (κ3) is 1.54. The van der Waals surface area contributed by atoms with Gasteiger partial charge in [0.2, 0.25) is 0 Å².